The minimum absolute atomic E-state index is 0.0175. The summed E-state index contributed by atoms with van der Waals surface area (Å²) in [5, 5.41) is 6.37. The SMILES string of the molecule is CCCNC(=O)C1CCN(C(=O)CC(NC(C)=O)c2ccc(Cl)cc2)CC1. The van der Waals surface area contributed by atoms with Crippen LogP contribution in [0, 0.1) is 5.92 Å². The quantitative estimate of drug-likeness (QED) is 0.747. The zero-order chi connectivity index (χ0) is 19.8. The number of hydrogen-bond acceptors (Lipinski definition) is 3. The van der Waals surface area contributed by atoms with Crippen LogP contribution in [0.3, 0.4) is 0 Å². The van der Waals surface area contributed by atoms with Gasteiger partial charge in [0.1, 0.15) is 0 Å². The highest BCUT2D eigenvalue weighted by Gasteiger charge is 2.28. The van der Waals surface area contributed by atoms with Gasteiger partial charge in [0.05, 0.1) is 12.5 Å². The Morgan fingerprint density at radius 1 is 1.19 bits per heavy atom. The van der Waals surface area contributed by atoms with E-state index in [1.165, 1.54) is 6.92 Å². The summed E-state index contributed by atoms with van der Waals surface area (Å²) in [5.74, 6) is -0.144. The Balaban J connectivity index is 1.93. The molecule has 1 atom stereocenters. The lowest BCUT2D eigenvalue weighted by Gasteiger charge is -2.32. The van der Waals surface area contributed by atoms with E-state index in [-0.39, 0.29) is 30.1 Å². The van der Waals surface area contributed by atoms with Gasteiger partial charge in [-0.05, 0) is 37.0 Å². The lowest BCUT2D eigenvalue weighted by molar-refractivity contribution is -0.136. The molecule has 1 aromatic rings. The molecule has 0 bridgehead atoms. The predicted molar refractivity (Wildman–Crippen MR) is 105 cm³/mol. The van der Waals surface area contributed by atoms with Crippen molar-refractivity contribution in [1.82, 2.24) is 15.5 Å². The zero-order valence-corrected chi connectivity index (χ0v) is 16.7. The molecule has 1 aliphatic heterocycles. The van der Waals surface area contributed by atoms with E-state index in [2.05, 4.69) is 10.6 Å². The average Bonchev–Trinajstić information content (AvgIpc) is 2.66. The lowest BCUT2D eigenvalue weighted by Crippen LogP contribution is -2.44. The lowest BCUT2D eigenvalue weighted by atomic mass is 9.95. The fourth-order valence-electron chi connectivity index (χ4n) is 3.28. The fourth-order valence-corrected chi connectivity index (χ4v) is 3.41. The Kier molecular flexibility index (Phi) is 8.10. The molecular weight excluding hydrogens is 366 g/mol. The van der Waals surface area contributed by atoms with Gasteiger partial charge in [-0.3, -0.25) is 14.4 Å². The molecule has 0 aromatic heterocycles. The molecule has 3 amide bonds. The van der Waals surface area contributed by atoms with Crippen LogP contribution in [0.4, 0.5) is 0 Å². The van der Waals surface area contributed by atoms with Gasteiger partial charge in [0.25, 0.3) is 0 Å². The molecule has 6 nitrogen and oxygen atoms in total. The second-order valence-electron chi connectivity index (χ2n) is 6.95. The molecule has 1 aromatic carbocycles. The van der Waals surface area contributed by atoms with Crippen LogP contribution in [0.2, 0.25) is 5.02 Å². The van der Waals surface area contributed by atoms with Crippen LogP contribution < -0.4 is 10.6 Å². The zero-order valence-electron chi connectivity index (χ0n) is 16.0. The summed E-state index contributed by atoms with van der Waals surface area (Å²) in [6, 6.07) is 6.74. The third kappa shape index (κ3) is 6.54. The topological polar surface area (TPSA) is 78.5 Å². The van der Waals surface area contributed by atoms with E-state index in [0.717, 1.165) is 12.0 Å². The highest BCUT2D eigenvalue weighted by molar-refractivity contribution is 6.30. The number of rotatable bonds is 7. The van der Waals surface area contributed by atoms with Crippen LogP contribution in [0.15, 0.2) is 24.3 Å². The molecule has 148 valence electrons. The highest BCUT2D eigenvalue weighted by atomic mass is 35.5. The van der Waals surface area contributed by atoms with Crippen molar-refractivity contribution in [3.05, 3.63) is 34.9 Å². The van der Waals surface area contributed by atoms with Gasteiger partial charge < -0.3 is 15.5 Å². The van der Waals surface area contributed by atoms with Crippen LogP contribution in [-0.2, 0) is 14.4 Å². The second kappa shape index (κ2) is 10.3. The van der Waals surface area contributed by atoms with E-state index in [1.54, 1.807) is 17.0 Å². The monoisotopic (exact) mass is 393 g/mol. The Morgan fingerprint density at radius 3 is 2.37 bits per heavy atom. The van der Waals surface area contributed by atoms with Gasteiger partial charge in [0.2, 0.25) is 17.7 Å². The van der Waals surface area contributed by atoms with Gasteiger partial charge in [-0.15, -0.1) is 0 Å². The Labute approximate surface area is 165 Å². The minimum atomic E-state index is -0.391. The number of likely N-dealkylation sites (tertiary alicyclic amines) is 1. The van der Waals surface area contributed by atoms with E-state index >= 15 is 0 Å². The summed E-state index contributed by atoms with van der Waals surface area (Å²) in [5.41, 5.74) is 0.844. The van der Waals surface area contributed by atoms with Gasteiger partial charge in [-0.2, -0.15) is 0 Å². The molecule has 1 heterocycles. The first-order valence-corrected chi connectivity index (χ1v) is 9.86. The van der Waals surface area contributed by atoms with E-state index in [1.807, 2.05) is 19.1 Å². The smallest absolute Gasteiger partial charge is 0.224 e. The maximum atomic E-state index is 12.7. The predicted octanol–water partition coefficient (Wildman–Crippen LogP) is 2.67. The van der Waals surface area contributed by atoms with Crippen LogP contribution in [0.1, 0.15) is 51.1 Å². The van der Waals surface area contributed by atoms with Crippen molar-refractivity contribution >= 4 is 29.3 Å². The average molecular weight is 394 g/mol. The molecule has 1 saturated heterocycles. The van der Waals surface area contributed by atoms with Gasteiger partial charge in [0, 0.05) is 37.5 Å². The molecule has 7 heteroatoms. The number of carbonyl (C=O) groups is 3. The maximum absolute atomic E-state index is 12.7. The summed E-state index contributed by atoms with van der Waals surface area (Å²) < 4.78 is 0. The van der Waals surface area contributed by atoms with Gasteiger partial charge in [-0.1, -0.05) is 30.7 Å². The van der Waals surface area contributed by atoms with Crippen LogP contribution in [0.5, 0.6) is 0 Å². The normalized spacial score (nSPS) is 15.9. The molecule has 0 aliphatic carbocycles. The number of benzene rings is 1. The Bertz CT molecular complexity index is 655. The largest absolute Gasteiger partial charge is 0.356 e. The fraction of sp³-hybridized carbons (Fsp3) is 0.550. The van der Waals surface area contributed by atoms with Crippen molar-refractivity contribution in [1.29, 1.82) is 0 Å². The van der Waals surface area contributed by atoms with Crippen LogP contribution in [0.25, 0.3) is 0 Å². The number of nitrogens with one attached hydrogen (secondary N) is 2. The molecule has 1 unspecified atom stereocenters. The molecule has 27 heavy (non-hydrogen) atoms. The van der Waals surface area contributed by atoms with Gasteiger partial charge in [0.15, 0.2) is 0 Å². The van der Waals surface area contributed by atoms with Gasteiger partial charge >= 0.3 is 0 Å². The van der Waals surface area contributed by atoms with E-state index < -0.39 is 6.04 Å². The molecule has 1 fully saturated rings. The number of halogens is 1. The summed E-state index contributed by atoms with van der Waals surface area (Å²) in [4.78, 5) is 38.1. The summed E-state index contributed by atoms with van der Waals surface area (Å²) in [7, 11) is 0. The van der Waals surface area contributed by atoms with Crippen molar-refractivity contribution in [3.8, 4) is 0 Å². The van der Waals surface area contributed by atoms with Gasteiger partial charge in [-0.25, -0.2) is 0 Å². The van der Waals surface area contributed by atoms with E-state index in [4.69, 9.17) is 11.6 Å². The first-order valence-electron chi connectivity index (χ1n) is 9.48. The van der Waals surface area contributed by atoms with Crippen LogP contribution in [-0.4, -0.2) is 42.3 Å². The summed E-state index contributed by atoms with van der Waals surface area (Å²) >= 11 is 5.93. The van der Waals surface area contributed by atoms with Crippen molar-refractivity contribution in [3.63, 3.8) is 0 Å². The number of nitrogens with zero attached hydrogens (tertiary/aromatic N) is 1. The first-order chi connectivity index (χ1) is 12.9. The van der Waals surface area contributed by atoms with Crippen molar-refractivity contribution in [2.24, 2.45) is 5.92 Å². The molecule has 0 spiro atoms. The standard InChI is InChI=1S/C20H28ClN3O3/c1-3-10-22-20(27)16-8-11-24(12-9-16)19(26)13-18(23-14(2)25)15-4-6-17(21)7-5-15/h4-7,16,18H,3,8-13H2,1-2H3,(H,22,27)(H,23,25). The third-order valence-corrected chi connectivity index (χ3v) is 5.05. The number of piperidine rings is 1. The molecule has 1 aliphatic rings. The summed E-state index contributed by atoms with van der Waals surface area (Å²) in [6.45, 7) is 5.28. The Hall–Kier alpha value is -2.08. The van der Waals surface area contributed by atoms with Crippen molar-refractivity contribution in [2.75, 3.05) is 19.6 Å². The maximum Gasteiger partial charge on any atom is 0.224 e. The first kappa shape index (κ1) is 21.2. The molecule has 2 N–H and O–H groups in total. The van der Waals surface area contributed by atoms with Crippen molar-refractivity contribution < 1.29 is 14.4 Å². The number of hydrogen-bond donors (Lipinski definition) is 2. The highest BCUT2D eigenvalue weighted by Crippen LogP contribution is 2.23. The third-order valence-electron chi connectivity index (χ3n) is 4.80. The van der Waals surface area contributed by atoms with E-state index in [9.17, 15) is 14.4 Å². The van der Waals surface area contributed by atoms with E-state index in [0.29, 0.717) is 37.5 Å². The number of carbonyl (C=O) groups excluding carboxylic acids is 3. The minimum Gasteiger partial charge on any atom is -0.356 e. The summed E-state index contributed by atoms with van der Waals surface area (Å²) in [6.07, 6.45) is 2.45. The molecule has 0 radical (unpaired) electrons. The molecule has 0 saturated carbocycles. The second-order valence-corrected chi connectivity index (χ2v) is 7.39. The van der Waals surface area contributed by atoms with Crippen LogP contribution >= 0.6 is 11.6 Å². The van der Waals surface area contributed by atoms with Crippen molar-refractivity contribution in [2.45, 2.75) is 45.6 Å². The number of amides is 3. The molecule has 2 rings (SSSR count). The molecular formula is C20H28ClN3O3. The Morgan fingerprint density at radius 2 is 1.81 bits per heavy atom.